The van der Waals surface area contributed by atoms with Gasteiger partial charge in [-0.3, -0.25) is 9.78 Å². The number of nitrogens with zero attached hydrogens (tertiary/aromatic N) is 3. The van der Waals surface area contributed by atoms with Crippen molar-refractivity contribution < 1.29 is 13.2 Å². The van der Waals surface area contributed by atoms with Gasteiger partial charge in [-0.25, -0.2) is 8.42 Å². The smallest absolute Gasteiger partial charge is 0.228 e. The molecule has 1 amide bonds. The minimum absolute atomic E-state index is 0.0611. The molecule has 1 aliphatic heterocycles. The first-order valence-electron chi connectivity index (χ1n) is 7.92. The maximum Gasteiger partial charge on any atom is 0.228 e. The van der Waals surface area contributed by atoms with Crippen molar-refractivity contribution in [1.29, 1.82) is 0 Å². The van der Waals surface area contributed by atoms with Gasteiger partial charge in [0.25, 0.3) is 0 Å². The summed E-state index contributed by atoms with van der Waals surface area (Å²) < 4.78 is 22.6. The molecule has 0 bridgehead atoms. The third-order valence-electron chi connectivity index (χ3n) is 4.04. The molecular formula is C16H25N3O3S. The largest absolute Gasteiger partial charge is 0.310 e. The summed E-state index contributed by atoms with van der Waals surface area (Å²) in [6.45, 7) is 6.48. The number of carbonyl (C=O) groups excluding carboxylic acids is 1. The highest BCUT2D eigenvalue weighted by molar-refractivity contribution is 7.90. The lowest BCUT2D eigenvalue weighted by Crippen LogP contribution is -2.34. The zero-order valence-electron chi connectivity index (χ0n) is 14.0. The van der Waals surface area contributed by atoms with E-state index in [1.807, 2.05) is 17.0 Å². The first-order valence-corrected chi connectivity index (χ1v) is 9.99. The van der Waals surface area contributed by atoms with Crippen LogP contribution in [0.15, 0.2) is 18.3 Å². The molecule has 23 heavy (non-hydrogen) atoms. The molecule has 0 saturated carbocycles. The number of aromatic nitrogens is 1. The van der Waals surface area contributed by atoms with Crippen LogP contribution in [0.3, 0.4) is 0 Å². The van der Waals surface area contributed by atoms with E-state index in [0.717, 1.165) is 11.4 Å². The van der Waals surface area contributed by atoms with Gasteiger partial charge in [0.1, 0.15) is 9.84 Å². The zero-order valence-corrected chi connectivity index (χ0v) is 14.8. The van der Waals surface area contributed by atoms with E-state index < -0.39 is 9.84 Å². The third kappa shape index (κ3) is 5.28. The summed E-state index contributed by atoms with van der Waals surface area (Å²) in [5.74, 6) is 0.549. The maximum absolute atomic E-state index is 12.3. The van der Waals surface area contributed by atoms with Gasteiger partial charge in [-0.15, -0.1) is 0 Å². The second kappa shape index (κ2) is 7.40. The highest BCUT2D eigenvalue weighted by Gasteiger charge is 2.23. The summed E-state index contributed by atoms with van der Waals surface area (Å²) in [5.41, 5.74) is 1.81. The Labute approximate surface area is 138 Å². The van der Waals surface area contributed by atoms with Gasteiger partial charge in [0, 0.05) is 44.5 Å². The van der Waals surface area contributed by atoms with Gasteiger partial charge >= 0.3 is 0 Å². The maximum atomic E-state index is 12.3. The van der Waals surface area contributed by atoms with Crippen molar-refractivity contribution >= 4 is 21.4 Å². The van der Waals surface area contributed by atoms with Crippen LogP contribution in [0.1, 0.15) is 31.9 Å². The van der Waals surface area contributed by atoms with Crippen molar-refractivity contribution in [3.63, 3.8) is 0 Å². The molecule has 0 atom stereocenters. The van der Waals surface area contributed by atoms with Gasteiger partial charge in [-0.1, -0.05) is 13.8 Å². The molecule has 0 aromatic carbocycles. The van der Waals surface area contributed by atoms with E-state index in [1.165, 1.54) is 6.26 Å². The zero-order chi connectivity index (χ0) is 17.0. The molecular weight excluding hydrogens is 314 g/mol. The number of hydrogen-bond donors (Lipinski definition) is 0. The number of anilines is 1. The average molecular weight is 339 g/mol. The van der Waals surface area contributed by atoms with Gasteiger partial charge < -0.3 is 9.80 Å². The second-order valence-corrected chi connectivity index (χ2v) is 8.62. The fourth-order valence-corrected chi connectivity index (χ4v) is 3.15. The van der Waals surface area contributed by atoms with Crippen molar-refractivity contribution in [1.82, 2.24) is 9.88 Å². The standard InChI is InChI=1S/C16H25N3O3S/c1-13(2)15-5-4-14(12-17-15)19-9-8-18(7-6-16(19)20)10-11-23(3,21)22/h4-5,12-13H,6-11H2,1-3H3. The number of rotatable bonds is 5. The Morgan fingerprint density at radius 1 is 1.22 bits per heavy atom. The SMILES string of the molecule is CC(C)c1ccc(N2CCN(CCS(C)(=O)=O)CCC2=O)cn1. The second-order valence-electron chi connectivity index (χ2n) is 6.36. The van der Waals surface area contributed by atoms with E-state index in [4.69, 9.17) is 0 Å². The molecule has 0 unspecified atom stereocenters. The van der Waals surface area contributed by atoms with Gasteiger partial charge in [0.2, 0.25) is 5.91 Å². The van der Waals surface area contributed by atoms with E-state index in [2.05, 4.69) is 18.8 Å². The fraction of sp³-hybridized carbons (Fsp3) is 0.625. The number of carbonyl (C=O) groups is 1. The van der Waals surface area contributed by atoms with Crippen LogP contribution in [0, 0.1) is 0 Å². The molecule has 128 valence electrons. The first kappa shape index (κ1) is 17.9. The summed E-state index contributed by atoms with van der Waals surface area (Å²) in [4.78, 5) is 20.5. The van der Waals surface area contributed by atoms with Crippen molar-refractivity contribution in [2.24, 2.45) is 0 Å². The summed E-state index contributed by atoms with van der Waals surface area (Å²) in [5, 5.41) is 0. The van der Waals surface area contributed by atoms with Crippen LogP contribution in [0.25, 0.3) is 0 Å². The average Bonchev–Trinajstić information content (AvgIpc) is 2.66. The summed E-state index contributed by atoms with van der Waals surface area (Å²) in [6.07, 6.45) is 3.39. The summed E-state index contributed by atoms with van der Waals surface area (Å²) >= 11 is 0. The molecule has 7 heteroatoms. The Hall–Kier alpha value is -1.47. The first-order chi connectivity index (χ1) is 10.8. The Balaban J connectivity index is 2.02. The van der Waals surface area contributed by atoms with E-state index >= 15 is 0 Å². The molecule has 2 rings (SSSR count). The number of pyridine rings is 1. The molecule has 6 nitrogen and oxygen atoms in total. The molecule has 2 heterocycles. The lowest BCUT2D eigenvalue weighted by molar-refractivity contribution is -0.118. The lowest BCUT2D eigenvalue weighted by Gasteiger charge is -2.22. The lowest BCUT2D eigenvalue weighted by atomic mass is 10.1. The number of amides is 1. The minimum atomic E-state index is -2.98. The molecule has 0 radical (unpaired) electrons. The normalized spacial score (nSPS) is 17.6. The van der Waals surface area contributed by atoms with Crippen LogP contribution in [0.5, 0.6) is 0 Å². The minimum Gasteiger partial charge on any atom is -0.310 e. The molecule has 0 spiro atoms. The van der Waals surface area contributed by atoms with Gasteiger partial charge in [0.15, 0.2) is 0 Å². The Morgan fingerprint density at radius 2 is 1.96 bits per heavy atom. The molecule has 1 aliphatic rings. The van der Waals surface area contributed by atoms with Crippen LogP contribution in [0.4, 0.5) is 5.69 Å². The quantitative estimate of drug-likeness (QED) is 0.808. The van der Waals surface area contributed by atoms with Crippen molar-refractivity contribution in [2.45, 2.75) is 26.2 Å². The van der Waals surface area contributed by atoms with Crippen LogP contribution < -0.4 is 4.90 Å². The Kier molecular flexibility index (Phi) is 5.75. The summed E-state index contributed by atoms with van der Waals surface area (Å²) in [7, 11) is -2.98. The van der Waals surface area contributed by atoms with E-state index in [9.17, 15) is 13.2 Å². The fourth-order valence-electron chi connectivity index (χ4n) is 2.56. The number of hydrogen-bond acceptors (Lipinski definition) is 5. The predicted molar refractivity (Wildman–Crippen MR) is 91.4 cm³/mol. The predicted octanol–water partition coefficient (Wildman–Crippen LogP) is 1.29. The van der Waals surface area contributed by atoms with Crippen molar-refractivity contribution in [2.75, 3.05) is 43.1 Å². The third-order valence-corrected chi connectivity index (χ3v) is 4.96. The monoisotopic (exact) mass is 339 g/mol. The number of sulfone groups is 1. The van der Waals surface area contributed by atoms with Crippen molar-refractivity contribution in [3.05, 3.63) is 24.0 Å². The van der Waals surface area contributed by atoms with Gasteiger partial charge in [-0.05, 0) is 18.1 Å². The Morgan fingerprint density at radius 3 is 2.52 bits per heavy atom. The molecule has 0 N–H and O–H groups in total. The molecule has 1 saturated heterocycles. The van der Waals surface area contributed by atoms with Crippen LogP contribution in [0.2, 0.25) is 0 Å². The van der Waals surface area contributed by atoms with E-state index in [1.54, 1.807) is 11.1 Å². The van der Waals surface area contributed by atoms with Crippen LogP contribution in [-0.2, 0) is 14.6 Å². The van der Waals surface area contributed by atoms with Crippen molar-refractivity contribution in [3.8, 4) is 0 Å². The highest BCUT2D eigenvalue weighted by atomic mass is 32.2. The van der Waals surface area contributed by atoms with Gasteiger partial charge in [0.05, 0.1) is 17.6 Å². The highest BCUT2D eigenvalue weighted by Crippen LogP contribution is 2.19. The summed E-state index contributed by atoms with van der Waals surface area (Å²) in [6, 6.07) is 3.89. The molecule has 1 aromatic heterocycles. The van der Waals surface area contributed by atoms with Crippen LogP contribution >= 0.6 is 0 Å². The molecule has 1 fully saturated rings. The van der Waals surface area contributed by atoms with Gasteiger partial charge in [-0.2, -0.15) is 0 Å². The molecule has 1 aromatic rings. The van der Waals surface area contributed by atoms with E-state index in [-0.39, 0.29) is 11.7 Å². The van der Waals surface area contributed by atoms with E-state index in [0.29, 0.717) is 38.5 Å². The van der Waals surface area contributed by atoms with Crippen LogP contribution in [-0.4, -0.2) is 62.4 Å². The molecule has 0 aliphatic carbocycles. The Bertz CT molecular complexity index is 641. The topological polar surface area (TPSA) is 70.6 Å².